The number of hydrogen-bond donors (Lipinski definition) is 5. The first-order valence-corrected chi connectivity index (χ1v) is 24.9. The van der Waals surface area contributed by atoms with Crippen LogP contribution in [-0.4, -0.2) is 122 Å². The molecule has 5 atom stereocenters. The standard InChI is InChI=1S/C53H79N7O9/c1-36(2)31-40(56-50(66)69-51(3,4)5)27-26-39(32-37-19-12-10-13-20-37)47(63)59-30-18-25-44(59)48(64)58-29-17-24-43(58)46(62)57-42(23-16-28-54-49(65)68-35-38-21-14-11-15-22-38)45(61)55-41-33-52(6,7)60(67)53(8,9)34-41/h10-15,19-22,26-27,36,39-44,67H,16-18,23-25,28-35H2,1-9H3,(H,54,65)(H,55,61)(H,56,66)(H,57,62)/b27-26+/t39?,40?,42?,43-,44-/m0/s1. The molecule has 0 aliphatic carbocycles. The molecule has 69 heavy (non-hydrogen) atoms. The number of carbonyl (C=O) groups is 6. The highest BCUT2D eigenvalue weighted by Crippen LogP contribution is 2.37. The number of likely N-dealkylation sites (tertiary alicyclic amines) is 2. The number of benzene rings is 2. The van der Waals surface area contributed by atoms with Crippen molar-refractivity contribution in [2.45, 2.75) is 180 Å². The molecule has 3 aliphatic heterocycles. The molecule has 3 fully saturated rings. The van der Waals surface area contributed by atoms with E-state index in [0.29, 0.717) is 70.9 Å². The third kappa shape index (κ3) is 16.3. The molecule has 2 aromatic rings. The molecule has 3 heterocycles. The van der Waals surface area contributed by atoms with Gasteiger partial charge in [-0.2, -0.15) is 5.06 Å². The number of alkyl carbamates (subject to hydrolysis) is 2. The van der Waals surface area contributed by atoms with E-state index in [0.717, 1.165) is 11.1 Å². The first-order chi connectivity index (χ1) is 32.5. The minimum atomic E-state index is -0.991. The van der Waals surface area contributed by atoms with E-state index in [2.05, 4.69) is 35.1 Å². The second-order valence-corrected chi connectivity index (χ2v) is 21.7. The average molecular weight is 958 g/mol. The predicted octanol–water partition coefficient (Wildman–Crippen LogP) is 7.04. The van der Waals surface area contributed by atoms with E-state index in [1.807, 2.05) is 101 Å². The van der Waals surface area contributed by atoms with Gasteiger partial charge in [-0.25, -0.2) is 9.59 Å². The van der Waals surface area contributed by atoms with Gasteiger partial charge in [0.2, 0.25) is 23.6 Å². The van der Waals surface area contributed by atoms with Gasteiger partial charge in [0, 0.05) is 36.8 Å². The Hall–Kier alpha value is -5.48. The molecule has 3 unspecified atom stereocenters. The van der Waals surface area contributed by atoms with E-state index < -0.39 is 70.8 Å². The van der Waals surface area contributed by atoms with Crippen molar-refractivity contribution in [2.24, 2.45) is 11.8 Å². The molecule has 0 saturated carbocycles. The number of piperidine rings is 1. The number of carbonyl (C=O) groups excluding carboxylic acids is 6. The van der Waals surface area contributed by atoms with Gasteiger partial charge in [0.1, 0.15) is 30.3 Å². The molecule has 6 amide bonds. The fourth-order valence-electron chi connectivity index (χ4n) is 10.0. The van der Waals surface area contributed by atoms with Gasteiger partial charge in [0.15, 0.2) is 0 Å². The summed E-state index contributed by atoms with van der Waals surface area (Å²) in [4.78, 5) is 86.5. The molecule has 3 saturated heterocycles. The van der Waals surface area contributed by atoms with Crippen LogP contribution in [0.3, 0.4) is 0 Å². The lowest BCUT2D eigenvalue weighted by atomic mass is 9.79. The van der Waals surface area contributed by atoms with Crippen molar-refractivity contribution in [1.82, 2.24) is 36.1 Å². The van der Waals surface area contributed by atoms with Crippen LogP contribution < -0.4 is 21.3 Å². The molecular weight excluding hydrogens is 879 g/mol. The molecule has 0 aromatic heterocycles. The monoisotopic (exact) mass is 958 g/mol. The van der Waals surface area contributed by atoms with Crippen molar-refractivity contribution in [3.05, 3.63) is 83.9 Å². The van der Waals surface area contributed by atoms with Crippen molar-refractivity contribution in [1.29, 1.82) is 0 Å². The molecular formula is C53H79N7O9. The number of nitrogens with one attached hydrogen (secondary N) is 4. The van der Waals surface area contributed by atoms with Crippen LogP contribution in [0.15, 0.2) is 72.8 Å². The second kappa shape index (κ2) is 24.4. The summed E-state index contributed by atoms with van der Waals surface area (Å²) in [6, 6.07) is 15.7. The van der Waals surface area contributed by atoms with Crippen molar-refractivity contribution in [3.8, 4) is 0 Å². The number of nitrogens with zero attached hydrogens (tertiary/aromatic N) is 3. The third-order valence-corrected chi connectivity index (χ3v) is 13.0. The lowest BCUT2D eigenvalue weighted by Gasteiger charge is -2.51. The second-order valence-electron chi connectivity index (χ2n) is 21.7. The van der Waals surface area contributed by atoms with Crippen LogP contribution >= 0.6 is 0 Å². The number of ether oxygens (including phenoxy) is 2. The summed E-state index contributed by atoms with van der Waals surface area (Å²) in [6.45, 7) is 18.2. The number of amides is 6. The number of hydroxylamine groups is 2. The summed E-state index contributed by atoms with van der Waals surface area (Å²) < 4.78 is 10.9. The van der Waals surface area contributed by atoms with E-state index in [9.17, 15) is 34.0 Å². The Bertz CT molecular complexity index is 2060. The summed E-state index contributed by atoms with van der Waals surface area (Å²) in [5.41, 5.74) is -0.148. The summed E-state index contributed by atoms with van der Waals surface area (Å²) in [7, 11) is 0. The van der Waals surface area contributed by atoms with Gasteiger partial charge >= 0.3 is 12.2 Å². The maximum atomic E-state index is 14.7. The van der Waals surface area contributed by atoms with Crippen LogP contribution in [0.2, 0.25) is 0 Å². The summed E-state index contributed by atoms with van der Waals surface area (Å²) in [5, 5.41) is 24.1. The maximum absolute atomic E-state index is 14.7. The zero-order valence-electron chi connectivity index (χ0n) is 42.4. The fourth-order valence-corrected chi connectivity index (χ4v) is 10.0. The van der Waals surface area contributed by atoms with Crippen molar-refractivity contribution >= 4 is 35.8 Å². The van der Waals surface area contributed by atoms with Gasteiger partial charge in [-0.3, -0.25) is 19.2 Å². The Morgan fingerprint density at radius 2 is 1.39 bits per heavy atom. The Kier molecular flexibility index (Phi) is 19.2. The molecule has 5 rings (SSSR count). The van der Waals surface area contributed by atoms with Gasteiger partial charge in [-0.15, -0.1) is 0 Å². The van der Waals surface area contributed by atoms with E-state index in [1.54, 1.807) is 30.6 Å². The minimum Gasteiger partial charge on any atom is -0.445 e. The normalized spacial score (nSPS) is 20.8. The van der Waals surface area contributed by atoms with E-state index in [4.69, 9.17) is 9.47 Å². The highest BCUT2D eigenvalue weighted by molar-refractivity contribution is 5.95. The lowest BCUT2D eigenvalue weighted by molar-refractivity contribution is -0.246. The van der Waals surface area contributed by atoms with Gasteiger partial charge in [-0.1, -0.05) is 86.7 Å². The molecule has 5 N–H and O–H groups in total. The minimum absolute atomic E-state index is 0.107. The van der Waals surface area contributed by atoms with Gasteiger partial charge in [0.25, 0.3) is 0 Å². The zero-order valence-corrected chi connectivity index (χ0v) is 42.4. The smallest absolute Gasteiger partial charge is 0.408 e. The van der Waals surface area contributed by atoms with Crippen LogP contribution in [-0.2, 0) is 41.7 Å². The molecule has 3 aliphatic rings. The Morgan fingerprint density at radius 3 is 2.00 bits per heavy atom. The molecule has 16 nitrogen and oxygen atoms in total. The molecule has 2 aromatic carbocycles. The zero-order chi connectivity index (χ0) is 50.5. The Balaban J connectivity index is 1.29. The number of hydrogen-bond acceptors (Lipinski definition) is 10. The first-order valence-electron chi connectivity index (χ1n) is 24.9. The van der Waals surface area contributed by atoms with E-state index >= 15 is 0 Å². The predicted molar refractivity (Wildman–Crippen MR) is 264 cm³/mol. The summed E-state index contributed by atoms with van der Waals surface area (Å²) in [5.74, 6) is -1.78. The van der Waals surface area contributed by atoms with Gasteiger partial charge in [0.05, 0.1) is 12.0 Å². The van der Waals surface area contributed by atoms with Crippen molar-refractivity contribution in [3.63, 3.8) is 0 Å². The van der Waals surface area contributed by atoms with E-state index in [-0.39, 0.29) is 43.3 Å². The molecule has 0 spiro atoms. The van der Waals surface area contributed by atoms with Crippen LogP contribution in [0.4, 0.5) is 9.59 Å². The molecule has 16 heteroatoms. The van der Waals surface area contributed by atoms with Crippen molar-refractivity contribution in [2.75, 3.05) is 19.6 Å². The maximum Gasteiger partial charge on any atom is 0.408 e. The highest BCUT2D eigenvalue weighted by Gasteiger charge is 2.47. The molecule has 0 radical (unpaired) electrons. The van der Waals surface area contributed by atoms with E-state index in [1.165, 1.54) is 5.06 Å². The summed E-state index contributed by atoms with van der Waals surface area (Å²) >= 11 is 0. The SMILES string of the molecule is CC(C)CC(/C=C/C(Cc1ccccc1)C(=O)N1CCC[C@H]1C(=O)N1CCC[C@H]1C(=O)NC(CCCNC(=O)OCc1ccccc1)C(=O)NC1CC(C)(C)N(O)C(C)(C)C1)NC(=O)OC(C)(C)C. The van der Waals surface area contributed by atoms with Crippen LogP contribution in [0.1, 0.15) is 131 Å². The first kappa shape index (κ1) is 54.5. The topological polar surface area (TPSA) is 199 Å². The van der Waals surface area contributed by atoms with Crippen LogP contribution in [0, 0.1) is 11.8 Å². The van der Waals surface area contributed by atoms with Crippen molar-refractivity contribution < 1.29 is 43.4 Å². The summed E-state index contributed by atoms with van der Waals surface area (Å²) in [6.07, 6.45) is 7.05. The molecule has 380 valence electrons. The Labute approximate surface area is 409 Å². The quantitative estimate of drug-likeness (QED) is 0.0719. The van der Waals surface area contributed by atoms with Gasteiger partial charge < -0.3 is 45.7 Å². The van der Waals surface area contributed by atoms with Gasteiger partial charge in [-0.05, 0) is 130 Å². The highest BCUT2D eigenvalue weighted by atomic mass is 16.6. The lowest BCUT2D eigenvalue weighted by Crippen LogP contribution is -2.64. The van der Waals surface area contributed by atoms with Crippen LogP contribution in [0.5, 0.6) is 0 Å². The number of rotatable bonds is 19. The fraction of sp³-hybridized carbons (Fsp3) is 0.623. The average Bonchev–Trinajstić information content (AvgIpc) is 3.98. The molecule has 0 bridgehead atoms. The largest absolute Gasteiger partial charge is 0.445 e. The third-order valence-electron chi connectivity index (χ3n) is 13.0. The van der Waals surface area contributed by atoms with Crippen LogP contribution in [0.25, 0.3) is 0 Å². The Morgan fingerprint density at radius 1 is 0.797 bits per heavy atom.